The van der Waals surface area contributed by atoms with E-state index in [4.69, 9.17) is 14.5 Å². The summed E-state index contributed by atoms with van der Waals surface area (Å²) in [5.74, 6) is 0.369. The van der Waals surface area contributed by atoms with Gasteiger partial charge in [0.05, 0.1) is 30.4 Å². The number of para-hydroxylation sites is 2. The van der Waals surface area contributed by atoms with Gasteiger partial charge in [0.2, 0.25) is 11.6 Å². The Hall–Kier alpha value is -2.98. The van der Waals surface area contributed by atoms with Crippen molar-refractivity contribution in [3.8, 4) is 0 Å². The van der Waals surface area contributed by atoms with E-state index in [-0.39, 0.29) is 24.2 Å². The zero-order valence-corrected chi connectivity index (χ0v) is 16.6. The summed E-state index contributed by atoms with van der Waals surface area (Å²) in [5, 5.41) is 7.33. The molecular formula is C20H24N6O4. The Balaban J connectivity index is 1.50. The van der Waals surface area contributed by atoms with Crippen LogP contribution in [0.4, 0.5) is 5.82 Å². The quantitative estimate of drug-likeness (QED) is 0.637. The molecule has 0 unspecified atom stereocenters. The van der Waals surface area contributed by atoms with Gasteiger partial charge in [0.15, 0.2) is 5.82 Å². The van der Waals surface area contributed by atoms with Crippen molar-refractivity contribution in [1.82, 2.24) is 24.5 Å². The second-order valence-corrected chi connectivity index (χ2v) is 7.56. The Morgan fingerprint density at radius 2 is 2.03 bits per heavy atom. The van der Waals surface area contributed by atoms with Crippen molar-refractivity contribution in [2.75, 3.05) is 44.4 Å². The summed E-state index contributed by atoms with van der Waals surface area (Å²) in [6.45, 7) is 3.56. The molecule has 2 fully saturated rings. The highest BCUT2D eigenvalue weighted by atomic mass is 16.5. The number of morpholine rings is 1. The number of rotatable bonds is 5. The number of aromatic nitrogens is 4. The van der Waals surface area contributed by atoms with E-state index in [9.17, 15) is 9.59 Å². The van der Waals surface area contributed by atoms with E-state index in [0.29, 0.717) is 55.3 Å². The molecule has 2 aliphatic rings. The van der Waals surface area contributed by atoms with Crippen molar-refractivity contribution < 1.29 is 14.3 Å². The highest BCUT2D eigenvalue weighted by Gasteiger charge is 2.23. The monoisotopic (exact) mass is 412 g/mol. The summed E-state index contributed by atoms with van der Waals surface area (Å²) in [6.07, 6.45) is 2.00. The largest absolute Gasteiger partial charge is 0.378 e. The number of benzene rings is 1. The first-order valence-electron chi connectivity index (χ1n) is 10.3. The summed E-state index contributed by atoms with van der Waals surface area (Å²) in [6, 6.07) is 7.45. The maximum atomic E-state index is 13.2. The van der Waals surface area contributed by atoms with Gasteiger partial charge in [-0.15, -0.1) is 5.10 Å². The third kappa shape index (κ3) is 3.52. The first-order valence-corrected chi connectivity index (χ1v) is 10.3. The van der Waals surface area contributed by atoms with Gasteiger partial charge in [-0.05, 0) is 25.0 Å². The van der Waals surface area contributed by atoms with Crippen molar-refractivity contribution in [2.45, 2.75) is 25.5 Å². The Kier molecular flexibility index (Phi) is 5.09. The summed E-state index contributed by atoms with van der Waals surface area (Å²) in [5.41, 5.74) is 1.47. The van der Waals surface area contributed by atoms with Crippen molar-refractivity contribution in [2.24, 2.45) is 0 Å². The molecule has 2 aliphatic heterocycles. The van der Waals surface area contributed by atoms with Crippen LogP contribution >= 0.6 is 0 Å². The number of hydrogen-bond donors (Lipinski definition) is 1. The Bertz CT molecular complexity index is 1130. The predicted molar refractivity (Wildman–Crippen MR) is 110 cm³/mol. The van der Waals surface area contributed by atoms with Crippen LogP contribution in [0.1, 0.15) is 12.8 Å². The Labute approximate surface area is 172 Å². The second-order valence-electron chi connectivity index (χ2n) is 7.56. The molecule has 0 radical (unpaired) electrons. The minimum Gasteiger partial charge on any atom is -0.378 e. The molecule has 158 valence electrons. The van der Waals surface area contributed by atoms with E-state index in [0.717, 1.165) is 19.4 Å². The number of fused-ring (bicyclic) bond motifs is 3. The molecule has 1 N–H and O–H groups in total. The number of carbonyl (C=O) groups is 1. The average molecular weight is 412 g/mol. The summed E-state index contributed by atoms with van der Waals surface area (Å²) in [4.78, 5) is 32.4. The lowest BCUT2D eigenvalue weighted by molar-refractivity contribution is -0.122. The van der Waals surface area contributed by atoms with Crippen LogP contribution in [0.15, 0.2) is 29.1 Å². The minimum atomic E-state index is -0.356. The number of nitrogens with one attached hydrogen (secondary N) is 1. The maximum Gasteiger partial charge on any atom is 0.351 e. The molecule has 1 amide bonds. The second kappa shape index (κ2) is 8.04. The minimum absolute atomic E-state index is 0.0489. The van der Waals surface area contributed by atoms with E-state index in [1.165, 1.54) is 4.68 Å². The van der Waals surface area contributed by atoms with Crippen LogP contribution in [0.3, 0.4) is 0 Å². The summed E-state index contributed by atoms with van der Waals surface area (Å²) in [7, 11) is 0. The van der Waals surface area contributed by atoms with Gasteiger partial charge < -0.3 is 19.7 Å². The third-order valence-corrected chi connectivity index (χ3v) is 5.54. The number of hydrogen-bond acceptors (Lipinski definition) is 7. The summed E-state index contributed by atoms with van der Waals surface area (Å²) >= 11 is 0. The van der Waals surface area contributed by atoms with Crippen molar-refractivity contribution in [3.63, 3.8) is 0 Å². The first-order chi connectivity index (χ1) is 14.7. The lowest BCUT2D eigenvalue weighted by Crippen LogP contribution is -2.37. The molecule has 5 rings (SSSR count). The SMILES string of the molecule is O=C(Cn1nc2c(N3CCOCC3)nc3ccccc3n2c1=O)NC[C@H]1CCCO1. The van der Waals surface area contributed by atoms with E-state index < -0.39 is 0 Å². The van der Waals surface area contributed by atoms with Crippen LogP contribution in [0.5, 0.6) is 0 Å². The molecule has 2 saturated heterocycles. The van der Waals surface area contributed by atoms with Gasteiger partial charge >= 0.3 is 5.69 Å². The van der Waals surface area contributed by atoms with Crippen LogP contribution in [0, 0.1) is 0 Å². The first kappa shape index (κ1) is 19.0. The van der Waals surface area contributed by atoms with E-state index in [1.807, 2.05) is 24.3 Å². The number of amides is 1. The molecule has 10 nitrogen and oxygen atoms in total. The van der Waals surface area contributed by atoms with Crippen LogP contribution in [-0.2, 0) is 20.8 Å². The molecule has 3 aromatic rings. The molecule has 0 aliphatic carbocycles. The highest BCUT2D eigenvalue weighted by Crippen LogP contribution is 2.23. The Morgan fingerprint density at radius 3 is 2.83 bits per heavy atom. The van der Waals surface area contributed by atoms with Crippen LogP contribution in [-0.4, -0.2) is 70.6 Å². The maximum absolute atomic E-state index is 13.2. The van der Waals surface area contributed by atoms with Crippen molar-refractivity contribution in [3.05, 3.63) is 34.7 Å². The number of ether oxygens (including phenoxy) is 2. The van der Waals surface area contributed by atoms with E-state index >= 15 is 0 Å². The zero-order chi connectivity index (χ0) is 20.5. The zero-order valence-electron chi connectivity index (χ0n) is 16.6. The molecular weight excluding hydrogens is 388 g/mol. The lowest BCUT2D eigenvalue weighted by atomic mass is 10.2. The lowest BCUT2D eigenvalue weighted by Gasteiger charge is -2.27. The molecule has 4 heterocycles. The fourth-order valence-corrected chi connectivity index (χ4v) is 4.00. The van der Waals surface area contributed by atoms with Gasteiger partial charge in [-0.3, -0.25) is 4.79 Å². The topological polar surface area (TPSA) is 103 Å². The molecule has 1 aromatic carbocycles. The fourth-order valence-electron chi connectivity index (χ4n) is 4.00. The number of carbonyl (C=O) groups excluding carboxylic acids is 1. The highest BCUT2D eigenvalue weighted by molar-refractivity contribution is 5.83. The van der Waals surface area contributed by atoms with E-state index in [2.05, 4.69) is 15.3 Å². The molecule has 0 bridgehead atoms. The molecule has 2 aromatic heterocycles. The van der Waals surface area contributed by atoms with Gasteiger partial charge in [-0.1, -0.05) is 12.1 Å². The molecule has 10 heteroatoms. The van der Waals surface area contributed by atoms with Gasteiger partial charge in [0.1, 0.15) is 6.54 Å². The van der Waals surface area contributed by atoms with Crippen LogP contribution < -0.4 is 15.9 Å². The van der Waals surface area contributed by atoms with Crippen LogP contribution in [0.2, 0.25) is 0 Å². The van der Waals surface area contributed by atoms with Gasteiger partial charge in [-0.25, -0.2) is 18.9 Å². The number of nitrogens with zero attached hydrogens (tertiary/aromatic N) is 5. The van der Waals surface area contributed by atoms with Crippen molar-refractivity contribution in [1.29, 1.82) is 0 Å². The molecule has 0 saturated carbocycles. The normalized spacial score (nSPS) is 19.6. The predicted octanol–water partition coefficient (Wildman–Crippen LogP) is 0.176. The van der Waals surface area contributed by atoms with Gasteiger partial charge in [-0.2, -0.15) is 0 Å². The Morgan fingerprint density at radius 1 is 1.20 bits per heavy atom. The molecule has 0 spiro atoms. The van der Waals surface area contributed by atoms with Gasteiger partial charge in [0.25, 0.3) is 0 Å². The van der Waals surface area contributed by atoms with Gasteiger partial charge in [0, 0.05) is 26.2 Å². The van der Waals surface area contributed by atoms with Crippen molar-refractivity contribution >= 4 is 28.4 Å². The molecule has 30 heavy (non-hydrogen) atoms. The van der Waals surface area contributed by atoms with E-state index in [1.54, 1.807) is 4.40 Å². The summed E-state index contributed by atoms with van der Waals surface area (Å²) < 4.78 is 13.7. The standard InChI is InChI=1S/C20H24N6O4/c27-17(21-12-14-4-3-9-30-14)13-25-20(28)26-16-6-2-1-5-15(16)22-18(19(26)23-25)24-7-10-29-11-8-24/h1-2,5-6,14H,3-4,7-13H2,(H,21,27)/t14-/m1/s1. The smallest absolute Gasteiger partial charge is 0.351 e. The van der Waals surface area contributed by atoms with Crippen LogP contribution in [0.25, 0.3) is 16.7 Å². The third-order valence-electron chi connectivity index (χ3n) is 5.54. The molecule has 1 atom stereocenters. The fraction of sp³-hybridized carbons (Fsp3) is 0.500. The number of anilines is 1. The average Bonchev–Trinajstić information content (AvgIpc) is 3.41.